The van der Waals surface area contributed by atoms with E-state index in [1.807, 2.05) is 332 Å². The Kier molecular flexibility index (Phi) is 22.4. The maximum Gasteiger partial charge on any atom is 0.408 e. The van der Waals surface area contributed by atoms with Gasteiger partial charge in [-0.25, -0.2) is 44.1 Å². The molecule has 21 nitrogen and oxygen atoms in total. The Balaban J connectivity index is 1.03. The number of nitrogens with zero attached hydrogens (tertiary/aromatic N) is 5. The van der Waals surface area contributed by atoms with Crippen molar-refractivity contribution in [1.82, 2.24) is 66.1 Å². The topological polar surface area (TPSA) is 281 Å². The van der Waals surface area contributed by atoms with Crippen LogP contribution in [0.25, 0.3) is 115 Å². The Morgan fingerprint density at radius 1 is 0.288 bits per heavy atom. The molecule has 0 aliphatic carbocycles. The highest BCUT2D eigenvalue weighted by atomic mass is 16.6. The Morgan fingerprint density at radius 3 is 0.856 bits per heavy atom. The summed E-state index contributed by atoms with van der Waals surface area (Å²) in [5.41, 5.74) is 15.3. The molecule has 598 valence electrons. The van der Waals surface area contributed by atoms with Crippen molar-refractivity contribution in [3.8, 4) is 22.5 Å². The van der Waals surface area contributed by atoms with Crippen molar-refractivity contribution < 1.29 is 38.1 Å². The molecule has 15 rings (SSSR count). The van der Waals surface area contributed by atoms with Crippen LogP contribution in [0.5, 0.6) is 0 Å². The van der Waals surface area contributed by atoms with Crippen molar-refractivity contribution in [2.45, 2.75) is 155 Å². The van der Waals surface area contributed by atoms with Crippen molar-refractivity contribution >= 4 is 117 Å². The summed E-state index contributed by atoms with van der Waals surface area (Å²) in [6.45, 7) is 22.1. The van der Waals surface area contributed by atoms with Gasteiger partial charge in [-0.2, -0.15) is 0 Å². The fourth-order valence-corrected chi connectivity index (χ4v) is 15.2. The van der Waals surface area contributed by atoms with Gasteiger partial charge < -0.3 is 60.2 Å². The monoisotopic (exact) mass is 1570 g/mol. The summed E-state index contributed by atoms with van der Waals surface area (Å²) in [5.74, 6) is 0. The van der Waals surface area contributed by atoms with Gasteiger partial charge >= 0.3 is 24.4 Å². The number of benzene rings is 4. The molecule has 21 heteroatoms. The summed E-state index contributed by atoms with van der Waals surface area (Å²) in [4.78, 5) is 101. The zero-order chi connectivity index (χ0) is 82.6. The zero-order valence-electron chi connectivity index (χ0n) is 68.3. The standard InChI is InChI=1S/C97H97N13O8/c1-94(2,3)115-90(111)107-80(52-58-26-17-13-18-27-58)86-68-40-36-62(98-68)56-63-37-41-69(99-63)87(81(53-59-28-19-14-20-29-59)108-91(112)116-95(4,5)6)77-49-45-73(104-77)84(72-44-48-76(86)103-72)66-34-25-35-67(102-66)85-74-46-50-78(105-74)88(82(54-60-30-21-15-22-31-60)109-92(113)117-96(7,8)9)70-42-38-64(100-70)57-65-39-43-71(101-65)89(79-51-47-75(85)106-79)83(55-61-32-23-16-24-33-61)110-93(114)118-97(10,11)12/h13-51,56-57,80-83,98,100,104,106H,52-55H2,1-12H3,(H,107,111)(H,108,112)(H,109,113)(H,110,114). The normalized spacial score (nSPS) is 13.6. The molecule has 8 N–H and O–H groups in total. The van der Waals surface area contributed by atoms with E-state index >= 15 is 0 Å². The maximum atomic E-state index is 14.4. The summed E-state index contributed by atoms with van der Waals surface area (Å²) in [5, 5.41) is 13.1. The van der Waals surface area contributed by atoms with Gasteiger partial charge in [0.05, 0.1) is 92.1 Å². The molecule has 4 aliphatic heterocycles. The molecule has 4 unspecified atom stereocenters. The van der Waals surface area contributed by atoms with Gasteiger partial charge in [-0.05, 0) is 252 Å². The second kappa shape index (κ2) is 33.3. The summed E-state index contributed by atoms with van der Waals surface area (Å²) in [7, 11) is 0. The van der Waals surface area contributed by atoms with Crippen molar-refractivity contribution in [2.75, 3.05) is 0 Å². The highest BCUT2D eigenvalue weighted by Crippen LogP contribution is 2.40. The number of nitrogens with one attached hydrogen (secondary N) is 8. The molecule has 0 fully saturated rings. The molecular weight excluding hydrogens is 1480 g/mol. The molecule has 0 radical (unpaired) electrons. The Bertz CT molecular complexity index is 5610. The number of H-pyrrole nitrogens is 4. The van der Waals surface area contributed by atoms with Crippen LogP contribution >= 0.6 is 0 Å². The number of fused-ring (bicyclic) bond motifs is 16. The quantitative estimate of drug-likeness (QED) is 0.0372. The van der Waals surface area contributed by atoms with Gasteiger partial charge in [0.2, 0.25) is 0 Å². The molecule has 0 saturated heterocycles. The molecule has 4 aliphatic rings. The lowest BCUT2D eigenvalue weighted by atomic mass is 9.97. The number of rotatable bonds is 18. The first-order valence-corrected chi connectivity index (χ1v) is 39.9. The third-order valence-corrected chi connectivity index (χ3v) is 19.9. The SMILES string of the molecule is CC(C)(C)OC(=O)NC(Cc1ccccc1)c1c2nc(c(-c3cccc(-c4c5nc(c(C(Cc6ccccc6)NC(=O)OC(C)(C)C)c6ccc(cc7nc(c(C(Cc8ccccc8)NC(=O)OC(C)(C)C)c8ccc4[nH]8)C=C7)[nH]6)C=C5)n3)c3ccc([nH]3)c(C(Cc3ccccc3)NC(=O)OC(C)(C)C)c3nc(cc4ccc1[nH]4)C=C3)C=C2. The van der Waals surface area contributed by atoms with E-state index in [4.69, 9.17) is 43.9 Å². The summed E-state index contributed by atoms with van der Waals surface area (Å²) < 4.78 is 24.2. The first-order chi connectivity index (χ1) is 56.5. The maximum absolute atomic E-state index is 14.4. The van der Waals surface area contributed by atoms with E-state index in [1.54, 1.807) is 0 Å². The Morgan fingerprint density at radius 2 is 0.551 bits per heavy atom. The van der Waals surface area contributed by atoms with E-state index in [9.17, 15) is 19.2 Å². The smallest absolute Gasteiger partial charge is 0.408 e. The highest BCUT2D eigenvalue weighted by molar-refractivity contribution is 5.95. The van der Waals surface area contributed by atoms with E-state index in [1.165, 1.54) is 0 Å². The fourth-order valence-electron chi connectivity index (χ4n) is 15.2. The van der Waals surface area contributed by atoms with Gasteiger partial charge in [-0.3, -0.25) is 0 Å². The van der Waals surface area contributed by atoms with Crippen LogP contribution in [-0.4, -0.2) is 91.6 Å². The number of carbonyl (C=O) groups excluding carboxylic acids is 4. The lowest BCUT2D eigenvalue weighted by Gasteiger charge is -2.24. The lowest BCUT2D eigenvalue weighted by molar-refractivity contribution is 0.0491. The first kappa shape index (κ1) is 79.5. The molecule has 4 atom stereocenters. The average Bonchev–Trinajstić information content (AvgIpc) is 1.61. The molecule has 0 saturated carbocycles. The number of hydrogen-bond acceptors (Lipinski definition) is 13. The van der Waals surface area contributed by atoms with E-state index in [-0.39, 0.29) is 0 Å². The number of hydrogen-bond donors (Lipinski definition) is 8. The van der Waals surface area contributed by atoms with Crippen LogP contribution in [0, 0.1) is 0 Å². The molecule has 11 heterocycles. The number of amides is 4. The molecule has 7 aromatic heterocycles. The van der Waals surface area contributed by atoms with Crippen LogP contribution in [-0.2, 0) is 44.6 Å². The molecule has 11 aromatic rings. The third-order valence-electron chi connectivity index (χ3n) is 19.9. The zero-order valence-corrected chi connectivity index (χ0v) is 68.3. The fraction of sp³-hybridized carbons (Fsp3) is 0.247. The molecule has 0 spiro atoms. The second-order valence-corrected chi connectivity index (χ2v) is 33.8. The Hall–Kier alpha value is -13.7. The van der Waals surface area contributed by atoms with E-state index < -0.39 is 70.9 Å². The molecule has 118 heavy (non-hydrogen) atoms. The minimum absolute atomic E-state index is 0.357. The Labute approximate surface area is 685 Å². The van der Waals surface area contributed by atoms with Gasteiger partial charge in [-0.15, -0.1) is 0 Å². The van der Waals surface area contributed by atoms with Crippen LogP contribution in [0.4, 0.5) is 19.2 Å². The first-order valence-electron chi connectivity index (χ1n) is 39.9. The highest BCUT2D eigenvalue weighted by Gasteiger charge is 2.32. The van der Waals surface area contributed by atoms with E-state index in [0.29, 0.717) is 149 Å². The van der Waals surface area contributed by atoms with Gasteiger partial charge in [-0.1, -0.05) is 127 Å². The van der Waals surface area contributed by atoms with Crippen LogP contribution in [0.1, 0.15) is 197 Å². The van der Waals surface area contributed by atoms with Crippen LogP contribution in [0.3, 0.4) is 0 Å². The van der Waals surface area contributed by atoms with Crippen LogP contribution < -0.4 is 21.3 Å². The molecule has 4 aromatic carbocycles. The number of ether oxygens (including phenoxy) is 4. The van der Waals surface area contributed by atoms with Gasteiger partial charge in [0.25, 0.3) is 0 Å². The number of aromatic nitrogens is 9. The lowest BCUT2D eigenvalue weighted by Crippen LogP contribution is -2.36. The summed E-state index contributed by atoms with van der Waals surface area (Å²) in [6, 6.07) is 62.8. The van der Waals surface area contributed by atoms with E-state index in [2.05, 4.69) is 41.2 Å². The molecule has 16 bridgehead atoms. The largest absolute Gasteiger partial charge is 0.444 e. The number of aromatic amines is 4. The minimum atomic E-state index is -0.824. The van der Waals surface area contributed by atoms with Crippen LogP contribution in [0.2, 0.25) is 0 Å². The van der Waals surface area contributed by atoms with Gasteiger partial charge in [0.1, 0.15) is 22.4 Å². The average molecular weight is 1570 g/mol. The van der Waals surface area contributed by atoms with Crippen molar-refractivity contribution in [3.63, 3.8) is 0 Å². The predicted molar refractivity (Wildman–Crippen MR) is 469 cm³/mol. The minimum Gasteiger partial charge on any atom is -0.444 e. The van der Waals surface area contributed by atoms with Crippen molar-refractivity contribution in [2.24, 2.45) is 0 Å². The van der Waals surface area contributed by atoms with Crippen LogP contribution in [0.15, 0.2) is 200 Å². The molecular formula is C97H97N13O8. The van der Waals surface area contributed by atoms with Gasteiger partial charge in [0, 0.05) is 66.5 Å². The van der Waals surface area contributed by atoms with E-state index in [0.717, 1.165) is 33.3 Å². The molecule has 4 amide bonds. The van der Waals surface area contributed by atoms with Crippen molar-refractivity contribution in [3.05, 3.63) is 290 Å². The van der Waals surface area contributed by atoms with Crippen molar-refractivity contribution in [1.29, 1.82) is 0 Å². The third kappa shape index (κ3) is 19.5. The number of alkyl carbamates (subject to hydrolysis) is 4. The number of carbonyl (C=O) groups is 4. The second-order valence-electron chi connectivity index (χ2n) is 33.8. The van der Waals surface area contributed by atoms with Gasteiger partial charge in [0.15, 0.2) is 0 Å². The summed E-state index contributed by atoms with van der Waals surface area (Å²) >= 11 is 0. The predicted octanol–water partition coefficient (Wildman–Crippen LogP) is 21.6. The number of pyridine rings is 1. The summed E-state index contributed by atoms with van der Waals surface area (Å²) in [6.07, 6.45) is 14.7.